The summed E-state index contributed by atoms with van der Waals surface area (Å²) in [6.45, 7) is 2.17. The van der Waals surface area contributed by atoms with Crippen molar-refractivity contribution in [1.82, 2.24) is 30.6 Å². The van der Waals surface area contributed by atoms with Crippen molar-refractivity contribution in [1.29, 1.82) is 0 Å². The molecule has 6 heteroatoms. The van der Waals surface area contributed by atoms with Gasteiger partial charge in [-0.15, -0.1) is 0 Å². The Labute approximate surface area is 200 Å². The highest BCUT2D eigenvalue weighted by Crippen LogP contribution is 2.26. The summed E-state index contributed by atoms with van der Waals surface area (Å²) in [6.07, 6.45) is 10.7. The third-order valence-corrected chi connectivity index (χ3v) is 7.20. The standard InChI is InChI=1S/C28H32N6/c1-3-23(29-15-1)27-31-17-25(33-27)21-11-7-19(8-12-21)5-6-20-9-13-22(14-10-20)26-18-32-28(34-26)24-4-2-16-30-24/h7-14,17-18,23-24,29-30H,1-6,15-16H2,(H,31,33)(H,32,34). The van der Waals surface area contributed by atoms with Gasteiger partial charge in [-0.1, -0.05) is 48.5 Å². The molecule has 2 aliphatic heterocycles. The maximum Gasteiger partial charge on any atom is 0.123 e. The molecule has 0 saturated carbocycles. The maximum atomic E-state index is 4.60. The van der Waals surface area contributed by atoms with Gasteiger partial charge in [-0.25, -0.2) is 9.97 Å². The average Bonchev–Trinajstić information content (AvgIpc) is 3.70. The number of H-pyrrole nitrogens is 2. The number of hydrogen-bond acceptors (Lipinski definition) is 4. The van der Waals surface area contributed by atoms with Crippen molar-refractivity contribution in [3.8, 4) is 22.5 Å². The minimum Gasteiger partial charge on any atom is -0.341 e. The molecule has 4 aromatic rings. The highest BCUT2D eigenvalue weighted by atomic mass is 15.0. The number of nitrogens with zero attached hydrogens (tertiary/aromatic N) is 2. The number of rotatable bonds is 7. The Bertz CT molecular complexity index is 1110. The topological polar surface area (TPSA) is 81.4 Å². The molecule has 0 radical (unpaired) electrons. The van der Waals surface area contributed by atoms with Crippen LogP contribution in [0.15, 0.2) is 60.9 Å². The first kappa shape index (κ1) is 21.3. The molecule has 34 heavy (non-hydrogen) atoms. The van der Waals surface area contributed by atoms with Crippen LogP contribution in [0, 0.1) is 0 Å². The molecule has 6 nitrogen and oxygen atoms in total. The van der Waals surface area contributed by atoms with Crippen LogP contribution in [0.5, 0.6) is 0 Å². The van der Waals surface area contributed by atoms with Gasteiger partial charge in [-0.3, -0.25) is 0 Å². The number of nitrogens with one attached hydrogen (secondary N) is 4. The Morgan fingerprint density at radius 2 is 1.06 bits per heavy atom. The number of aromatic amines is 2. The summed E-state index contributed by atoms with van der Waals surface area (Å²) >= 11 is 0. The van der Waals surface area contributed by atoms with Crippen molar-refractivity contribution >= 4 is 0 Å². The first-order chi connectivity index (χ1) is 16.8. The molecule has 2 atom stereocenters. The second-order valence-electron chi connectivity index (χ2n) is 9.56. The number of imidazole rings is 2. The van der Waals surface area contributed by atoms with Crippen LogP contribution < -0.4 is 10.6 Å². The normalized spacial score (nSPS) is 20.2. The molecule has 0 bridgehead atoms. The van der Waals surface area contributed by atoms with E-state index in [0.717, 1.165) is 61.8 Å². The average molecular weight is 453 g/mol. The minimum absolute atomic E-state index is 0.374. The predicted molar refractivity (Wildman–Crippen MR) is 135 cm³/mol. The second kappa shape index (κ2) is 9.57. The van der Waals surface area contributed by atoms with Crippen LogP contribution >= 0.6 is 0 Å². The molecule has 0 spiro atoms. The van der Waals surface area contributed by atoms with E-state index in [9.17, 15) is 0 Å². The Morgan fingerprint density at radius 3 is 1.44 bits per heavy atom. The van der Waals surface area contributed by atoms with E-state index >= 15 is 0 Å². The zero-order chi connectivity index (χ0) is 22.7. The summed E-state index contributed by atoms with van der Waals surface area (Å²) in [5.74, 6) is 2.11. The van der Waals surface area contributed by atoms with Crippen LogP contribution in [0.3, 0.4) is 0 Å². The fraction of sp³-hybridized carbons (Fsp3) is 0.357. The van der Waals surface area contributed by atoms with E-state index in [2.05, 4.69) is 79.1 Å². The Hall–Kier alpha value is -3.22. The molecule has 2 unspecified atom stereocenters. The first-order valence-corrected chi connectivity index (χ1v) is 12.6. The van der Waals surface area contributed by atoms with E-state index in [4.69, 9.17) is 0 Å². The summed E-state index contributed by atoms with van der Waals surface area (Å²) in [4.78, 5) is 16.2. The quantitative estimate of drug-likeness (QED) is 0.314. The number of aryl methyl sites for hydroxylation is 2. The molecule has 2 saturated heterocycles. The second-order valence-corrected chi connectivity index (χ2v) is 9.56. The van der Waals surface area contributed by atoms with Crippen LogP contribution in [-0.2, 0) is 12.8 Å². The van der Waals surface area contributed by atoms with Gasteiger partial charge in [0.25, 0.3) is 0 Å². The fourth-order valence-corrected chi connectivity index (χ4v) is 5.15. The van der Waals surface area contributed by atoms with Gasteiger partial charge in [-0.2, -0.15) is 0 Å². The molecule has 0 aliphatic carbocycles. The van der Waals surface area contributed by atoms with Gasteiger partial charge in [0.05, 0.1) is 35.9 Å². The predicted octanol–water partition coefficient (Wildman–Crippen LogP) is 5.10. The van der Waals surface area contributed by atoms with E-state index in [1.807, 2.05) is 12.4 Å². The fourth-order valence-electron chi connectivity index (χ4n) is 5.15. The largest absolute Gasteiger partial charge is 0.341 e. The molecule has 6 rings (SSSR count). The number of benzene rings is 2. The van der Waals surface area contributed by atoms with Crippen LogP contribution in [-0.4, -0.2) is 33.0 Å². The van der Waals surface area contributed by atoms with Crippen molar-refractivity contribution in [3.05, 3.63) is 83.7 Å². The highest BCUT2D eigenvalue weighted by molar-refractivity contribution is 5.60. The molecule has 2 aromatic heterocycles. The minimum atomic E-state index is 0.374. The Balaban J connectivity index is 1.05. The lowest BCUT2D eigenvalue weighted by Gasteiger charge is -2.07. The van der Waals surface area contributed by atoms with Crippen molar-refractivity contribution in [2.75, 3.05) is 13.1 Å². The number of hydrogen-bond donors (Lipinski definition) is 4. The smallest absolute Gasteiger partial charge is 0.123 e. The molecular weight excluding hydrogens is 420 g/mol. The summed E-state index contributed by atoms with van der Waals surface area (Å²) in [5.41, 5.74) is 7.28. The molecule has 4 N–H and O–H groups in total. The molecule has 174 valence electrons. The number of aromatic nitrogens is 4. The SMILES string of the molecule is c1cc(-c2cnc(C3CCCN3)[nH]2)ccc1CCc1ccc(-c2cnc(C3CCCN3)[nH]2)cc1. The molecule has 2 fully saturated rings. The van der Waals surface area contributed by atoms with Crippen LogP contribution in [0.1, 0.15) is 60.5 Å². The lowest BCUT2D eigenvalue weighted by molar-refractivity contribution is 0.613. The van der Waals surface area contributed by atoms with Crippen LogP contribution in [0.25, 0.3) is 22.5 Å². The molecular formula is C28H32N6. The zero-order valence-electron chi connectivity index (χ0n) is 19.5. The monoisotopic (exact) mass is 452 g/mol. The van der Waals surface area contributed by atoms with Gasteiger partial charge in [0.2, 0.25) is 0 Å². The lowest BCUT2D eigenvalue weighted by atomic mass is 10.0. The molecule has 4 heterocycles. The van der Waals surface area contributed by atoms with E-state index in [1.54, 1.807) is 0 Å². The van der Waals surface area contributed by atoms with E-state index in [-0.39, 0.29) is 0 Å². The first-order valence-electron chi connectivity index (χ1n) is 12.6. The molecule has 2 aromatic carbocycles. The van der Waals surface area contributed by atoms with E-state index in [1.165, 1.54) is 35.1 Å². The van der Waals surface area contributed by atoms with E-state index in [0.29, 0.717) is 12.1 Å². The van der Waals surface area contributed by atoms with Crippen molar-refractivity contribution < 1.29 is 0 Å². The molecule has 2 aliphatic rings. The van der Waals surface area contributed by atoms with Gasteiger partial charge in [0.15, 0.2) is 0 Å². The van der Waals surface area contributed by atoms with Crippen LogP contribution in [0.2, 0.25) is 0 Å². The Morgan fingerprint density at radius 1 is 0.618 bits per heavy atom. The van der Waals surface area contributed by atoms with Gasteiger partial charge in [-0.05, 0) is 73.9 Å². The summed E-state index contributed by atoms with van der Waals surface area (Å²) < 4.78 is 0. The summed E-state index contributed by atoms with van der Waals surface area (Å²) in [7, 11) is 0. The lowest BCUT2D eigenvalue weighted by Crippen LogP contribution is -2.14. The summed E-state index contributed by atoms with van der Waals surface area (Å²) in [5, 5.41) is 7.01. The van der Waals surface area contributed by atoms with E-state index < -0.39 is 0 Å². The van der Waals surface area contributed by atoms with Gasteiger partial charge in [0.1, 0.15) is 11.6 Å². The van der Waals surface area contributed by atoms with Gasteiger partial charge in [0, 0.05) is 0 Å². The van der Waals surface area contributed by atoms with Crippen LogP contribution in [0.4, 0.5) is 0 Å². The molecule has 0 amide bonds. The van der Waals surface area contributed by atoms with Crippen molar-refractivity contribution in [3.63, 3.8) is 0 Å². The van der Waals surface area contributed by atoms with Crippen molar-refractivity contribution in [2.45, 2.75) is 50.6 Å². The third kappa shape index (κ3) is 4.56. The Kier molecular flexibility index (Phi) is 6.00. The maximum absolute atomic E-state index is 4.60. The highest BCUT2D eigenvalue weighted by Gasteiger charge is 2.20. The van der Waals surface area contributed by atoms with Crippen molar-refractivity contribution in [2.24, 2.45) is 0 Å². The van der Waals surface area contributed by atoms with Gasteiger partial charge < -0.3 is 20.6 Å². The zero-order valence-corrected chi connectivity index (χ0v) is 19.5. The summed E-state index contributed by atoms with van der Waals surface area (Å²) in [6, 6.07) is 18.5. The third-order valence-electron chi connectivity index (χ3n) is 7.20. The van der Waals surface area contributed by atoms with Gasteiger partial charge >= 0.3 is 0 Å².